The number of halogens is 2. The van der Waals surface area contributed by atoms with Crippen LogP contribution in [0.5, 0.6) is 0 Å². The van der Waals surface area contributed by atoms with Crippen LogP contribution in [0, 0.1) is 11.3 Å². The minimum atomic E-state index is 0.226. The molecule has 0 fully saturated rings. The molecule has 0 amide bonds. The number of hydrogen-bond donors (Lipinski definition) is 1. The molecule has 0 atom stereocenters. The normalized spacial score (nSPS) is 10.1. The van der Waals surface area contributed by atoms with Gasteiger partial charge in [-0.05, 0) is 23.8 Å². The van der Waals surface area contributed by atoms with Gasteiger partial charge < -0.3 is 5.73 Å². The quantitative estimate of drug-likeness (QED) is 0.910. The van der Waals surface area contributed by atoms with Crippen LogP contribution in [0.3, 0.4) is 0 Å². The number of pyridine rings is 1. The molecule has 0 spiro atoms. The van der Waals surface area contributed by atoms with Crippen LogP contribution in [0.15, 0.2) is 30.5 Å². The number of nitrogen functional groups attached to an aromatic ring is 1. The second-order valence-corrected chi connectivity index (χ2v) is 4.51. The second-order valence-electron chi connectivity index (χ2n) is 3.70. The predicted octanol–water partition coefficient (Wildman–Crippen LogP) is 3.70. The first-order valence-corrected chi connectivity index (χ1v) is 5.95. The molecule has 18 heavy (non-hydrogen) atoms. The molecule has 1 heterocycles. The number of anilines is 1. The summed E-state index contributed by atoms with van der Waals surface area (Å²) in [6, 6.07) is 9.05. The Morgan fingerprint density at radius 1 is 1.28 bits per heavy atom. The summed E-state index contributed by atoms with van der Waals surface area (Å²) in [5, 5.41) is 9.77. The Morgan fingerprint density at radius 3 is 2.56 bits per heavy atom. The van der Waals surface area contributed by atoms with Crippen molar-refractivity contribution in [3.05, 3.63) is 46.1 Å². The van der Waals surface area contributed by atoms with Crippen LogP contribution in [-0.2, 0) is 6.42 Å². The molecule has 0 aliphatic carbocycles. The van der Waals surface area contributed by atoms with E-state index in [2.05, 4.69) is 11.1 Å². The summed E-state index contributed by atoms with van der Waals surface area (Å²) >= 11 is 12.2. The van der Waals surface area contributed by atoms with Gasteiger partial charge in [-0.3, -0.25) is 4.98 Å². The maximum atomic E-state index is 8.74. The number of nitrogens with two attached hydrogens (primary N) is 1. The molecule has 5 heteroatoms. The molecule has 0 saturated carbocycles. The Hall–Kier alpha value is -1.76. The van der Waals surface area contributed by atoms with E-state index in [1.807, 2.05) is 0 Å². The Labute approximate surface area is 115 Å². The molecule has 0 aliphatic rings. The number of hydrogen-bond acceptors (Lipinski definition) is 3. The van der Waals surface area contributed by atoms with E-state index in [1.165, 1.54) is 6.20 Å². The van der Waals surface area contributed by atoms with Gasteiger partial charge in [-0.25, -0.2) is 0 Å². The first kappa shape index (κ1) is 12.7. The molecule has 0 unspecified atom stereocenters. The first-order chi connectivity index (χ1) is 8.63. The van der Waals surface area contributed by atoms with E-state index < -0.39 is 0 Å². The fourth-order valence-corrected chi connectivity index (χ4v) is 2.22. The molecule has 0 bridgehead atoms. The van der Waals surface area contributed by atoms with Crippen LogP contribution in [-0.4, -0.2) is 4.98 Å². The number of aromatic nitrogens is 1. The number of rotatable bonds is 2. The van der Waals surface area contributed by atoms with Gasteiger partial charge in [-0.1, -0.05) is 29.3 Å². The molecule has 0 aliphatic heterocycles. The first-order valence-electron chi connectivity index (χ1n) is 5.19. The summed E-state index contributed by atoms with van der Waals surface area (Å²) in [6.07, 6.45) is 1.74. The van der Waals surface area contributed by atoms with Gasteiger partial charge in [-0.2, -0.15) is 5.26 Å². The van der Waals surface area contributed by atoms with Crippen LogP contribution in [0.2, 0.25) is 10.0 Å². The van der Waals surface area contributed by atoms with E-state index >= 15 is 0 Å². The van der Waals surface area contributed by atoms with Crippen molar-refractivity contribution in [2.75, 3.05) is 5.73 Å². The lowest BCUT2D eigenvalue weighted by Crippen LogP contribution is -1.97. The highest BCUT2D eigenvalue weighted by atomic mass is 35.5. The van der Waals surface area contributed by atoms with Gasteiger partial charge in [-0.15, -0.1) is 0 Å². The molecule has 2 rings (SSSR count). The third-order valence-corrected chi connectivity index (χ3v) is 3.14. The molecule has 1 aromatic carbocycles. The van der Waals surface area contributed by atoms with Crippen molar-refractivity contribution < 1.29 is 0 Å². The lowest BCUT2D eigenvalue weighted by molar-refractivity contribution is 1.22. The molecule has 0 saturated heterocycles. The summed E-state index contributed by atoms with van der Waals surface area (Å²) in [6.45, 7) is 0. The summed E-state index contributed by atoms with van der Waals surface area (Å²) in [5.41, 5.74) is 8.23. The Balaban J connectivity index is 2.59. The maximum Gasteiger partial charge on any atom is 0.0736 e. The highest BCUT2D eigenvalue weighted by molar-refractivity contribution is 6.39. The zero-order chi connectivity index (χ0) is 13.1. The largest absolute Gasteiger partial charge is 0.397 e. The standard InChI is InChI=1S/C13H9Cl2N3/c14-9-2-1-3-10(15)13(9)12-6-8(4-5-16)11(17)7-18-12/h1-3,6-7H,4,17H2. The number of benzene rings is 1. The smallest absolute Gasteiger partial charge is 0.0736 e. The minimum absolute atomic E-state index is 0.226. The zero-order valence-electron chi connectivity index (χ0n) is 9.32. The van der Waals surface area contributed by atoms with E-state index in [9.17, 15) is 0 Å². The monoisotopic (exact) mass is 277 g/mol. The van der Waals surface area contributed by atoms with E-state index in [4.69, 9.17) is 34.2 Å². The SMILES string of the molecule is N#CCc1cc(-c2c(Cl)cccc2Cl)ncc1N. The van der Waals surface area contributed by atoms with Crippen molar-refractivity contribution in [1.29, 1.82) is 5.26 Å². The summed E-state index contributed by atoms with van der Waals surface area (Å²) in [5.74, 6) is 0. The van der Waals surface area contributed by atoms with Gasteiger partial charge in [0.05, 0.1) is 40.1 Å². The van der Waals surface area contributed by atoms with Gasteiger partial charge in [0.2, 0.25) is 0 Å². The van der Waals surface area contributed by atoms with Gasteiger partial charge in [0.25, 0.3) is 0 Å². The van der Waals surface area contributed by atoms with Crippen LogP contribution >= 0.6 is 23.2 Å². The molecule has 90 valence electrons. The zero-order valence-corrected chi connectivity index (χ0v) is 10.8. The Bertz CT molecular complexity index is 612. The van der Waals surface area contributed by atoms with Crippen LogP contribution < -0.4 is 5.73 Å². The molecule has 1 aromatic heterocycles. The molecular weight excluding hydrogens is 269 g/mol. The number of nitriles is 1. The fraction of sp³-hybridized carbons (Fsp3) is 0.0769. The second kappa shape index (κ2) is 5.26. The van der Waals surface area contributed by atoms with Crippen molar-refractivity contribution in [3.63, 3.8) is 0 Å². The van der Waals surface area contributed by atoms with Crippen LogP contribution in [0.4, 0.5) is 5.69 Å². The van der Waals surface area contributed by atoms with Crippen molar-refractivity contribution >= 4 is 28.9 Å². The van der Waals surface area contributed by atoms with Gasteiger partial charge in [0.15, 0.2) is 0 Å². The van der Waals surface area contributed by atoms with Crippen LogP contribution in [0.1, 0.15) is 5.56 Å². The molecular formula is C13H9Cl2N3. The van der Waals surface area contributed by atoms with Crippen LogP contribution in [0.25, 0.3) is 11.3 Å². The third-order valence-electron chi connectivity index (χ3n) is 2.51. The molecule has 3 nitrogen and oxygen atoms in total. The third kappa shape index (κ3) is 2.40. The van der Waals surface area contributed by atoms with Gasteiger partial charge >= 0.3 is 0 Å². The number of nitrogens with zero attached hydrogens (tertiary/aromatic N) is 2. The predicted molar refractivity (Wildman–Crippen MR) is 73.4 cm³/mol. The van der Waals surface area contributed by atoms with Gasteiger partial charge in [0.1, 0.15) is 0 Å². The lowest BCUT2D eigenvalue weighted by atomic mass is 10.1. The van der Waals surface area contributed by atoms with Crippen molar-refractivity contribution in [2.24, 2.45) is 0 Å². The Morgan fingerprint density at radius 2 is 1.94 bits per heavy atom. The summed E-state index contributed by atoms with van der Waals surface area (Å²) in [7, 11) is 0. The van der Waals surface area contributed by atoms with Gasteiger partial charge in [0, 0.05) is 5.56 Å². The summed E-state index contributed by atoms with van der Waals surface area (Å²) < 4.78 is 0. The highest BCUT2D eigenvalue weighted by Crippen LogP contribution is 2.34. The van der Waals surface area contributed by atoms with E-state index in [-0.39, 0.29) is 6.42 Å². The minimum Gasteiger partial charge on any atom is -0.397 e. The van der Waals surface area contributed by atoms with E-state index in [0.717, 1.165) is 5.56 Å². The lowest BCUT2D eigenvalue weighted by Gasteiger charge is -2.08. The summed E-state index contributed by atoms with van der Waals surface area (Å²) in [4.78, 5) is 4.21. The molecule has 2 aromatic rings. The molecule has 2 N–H and O–H groups in total. The maximum absolute atomic E-state index is 8.74. The average molecular weight is 278 g/mol. The average Bonchev–Trinajstić information content (AvgIpc) is 2.33. The van der Waals surface area contributed by atoms with Crippen molar-refractivity contribution in [3.8, 4) is 17.3 Å². The van der Waals surface area contributed by atoms with E-state index in [1.54, 1.807) is 24.3 Å². The van der Waals surface area contributed by atoms with Crippen molar-refractivity contribution in [2.45, 2.75) is 6.42 Å². The Kier molecular flexibility index (Phi) is 3.71. The van der Waals surface area contributed by atoms with E-state index in [0.29, 0.717) is 27.0 Å². The van der Waals surface area contributed by atoms with Crippen molar-refractivity contribution in [1.82, 2.24) is 4.98 Å². The topological polar surface area (TPSA) is 62.7 Å². The highest BCUT2D eigenvalue weighted by Gasteiger charge is 2.11. The fourth-order valence-electron chi connectivity index (χ4n) is 1.63. The molecule has 0 radical (unpaired) electrons.